The molecule has 1 saturated heterocycles. The Morgan fingerprint density at radius 1 is 1.23 bits per heavy atom. The molecule has 0 amide bonds. The average molecular weight is 198 g/mol. The van der Waals surface area contributed by atoms with Gasteiger partial charge in [0, 0.05) is 19.2 Å². The molecule has 3 heteroatoms. The fourth-order valence-electron chi connectivity index (χ4n) is 1.71. The van der Waals surface area contributed by atoms with Gasteiger partial charge in [0.15, 0.2) is 0 Å². The van der Waals surface area contributed by atoms with Gasteiger partial charge in [0.1, 0.15) is 5.75 Å². The smallest absolute Gasteiger partial charge is 0.117 e. The molecule has 0 spiro atoms. The second-order valence-corrected chi connectivity index (χ2v) is 3.74. The molecule has 1 fully saturated rings. The predicted octanol–water partition coefficient (Wildman–Crippen LogP) is 2.65. The molecule has 70 valence electrons. The van der Waals surface area contributed by atoms with E-state index in [1.807, 2.05) is 6.07 Å². The number of phenols is 1. The van der Waals surface area contributed by atoms with Crippen molar-refractivity contribution < 1.29 is 5.11 Å². The van der Waals surface area contributed by atoms with Gasteiger partial charge in [-0.3, -0.25) is 0 Å². The molecule has 0 radical (unpaired) electrons. The molecule has 0 aromatic heterocycles. The molecule has 0 bridgehead atoms. The Hall–Kier alpha value is -0.890. The maximum absolute atomic E-state index is 9.18. The van der Waals surface area contributed by atoms with E-state index in [0.717, 1.165) is 18.8 Å². The highest BCUT2D eigenvalue weighted by atomic mass is 35.5. The summed E-state index contributed by atoms with van der Waals surface area (Å²) in [5.41, 5.74) is 1.04. The van der Waals surface area contributed by atoms with E-state index < -0.39 is 0 Å². The van der Waals surface area contributed by atoms with E-state index in [9.17, 15) is 5.11 Å². The van der Waals surface area contributed by atoms with Crippen molar-refractivity contribution in [1.29, 1.82) is 0 Å². The Balaban J connectivity index is 2.29. The van der Waals surface area contributed by atoms with Gasteiger partial charge in [0.25, 0.3) is 0 Å². The van der Waals surface area contributed by atoms with Crippen LogP contribution in [0.15, 0.2) is 18.2 Å². The lowest BCUT2D eigenvalue weighted by Crippen LogP contribution is -2.17. The van der Waals surface area contributed by atoms with Crippen molar-refractivity contribution in [2.75, 3.05) is 18.0 Å². The number of aromatic hydroxyl groups is 1. The minimum atomic E-state index is 0.230. The van der Waals surface area contributed by atoms with E-state index in [1.165, 1.54) is 12.8 Å². The van der Waals surface area contributed by atoms with Crippen LogP contribution in [0.5, 0.6) is 5.75 Å². The molecule has 2 rings (SSSR count). The Morgan fingerprint density at radius 2 is 1.92 bits per heavy atom. The molecule has 1 heterocycles. The molecule has 0 saturated carbocycles. The minimum absolute atomic E-state index is 0.230. The topological polar surface area (TPSA) is 23.5 Å². The van der Waals surface area contributed by atoms with Crippen LogP contribution in [0.25, 0.3) is 0 Å². The summed E-state index contributed by atoms with van der Waals surface area (Å²) in [6.07, 6.45) is 2.47. The van der Waals surface area contributed by atoms with Crippen LogP contribution in [0.1, 0.15) is 12.8 Å². The molecule has 0 atom stereocenters. The molecule has 0 aliphatic carbocycles. The molecular weight excluding hydrogens is 186 g/mol. The summed E-state index contributed by atoms with van der Waals surface area (Å²) in [5.74, 6) is 0.230. The number of anilines is 1. The highest BCUT2D eigenvalue weighted by molar-refractivity contribution is 6.33. The minimum Gasteiger partial charge on any atom is -0.508 e. The van der Waals surface area contributed by atoms with Crippen LogP contribution in [-0.2, 0) is 0 Å². The van der Waals surface area contributed by atoms with Crippen molar-refractivity contribution in [1.82, 2.24) is 0 Å². The van der Waals surface area contributed by atoms with Gasteiger partial charge < -0.3 is 10.0 Å². The quantitative estimate of drug-likeness (QED) is 0.748. The van der Waals surface area contributed by atoms with Crippen molar-refractivity contribution in [2.24, 2.45) is 0 Å². The third-order valence-corrected chi connectivity index (χ3v) is 2.68. The molecule has 1 N–H and O–H groups in total. The van der Waals surface area contributed by atoms with Crippen molar-refractivity contribution in [3.8, 4) is 5.75 Å². The maximum atomic E-state index is 9.18. The van der Waals surface area contributed by atoms with Gasteiger partial charge in [-0.2, -0.15) is 0 Å². The van der Waals surface area contributed by atoms with E-state index in [1.54, 1.807) is 12.1 Å². The molecule has 1 aliphatic rings. The standard InChI is InChI=1S/C10H12ClNO/c11-9-7-8(13)3-4-10(9)12-5-1-2-6-12/h3-4,7,13H,1-2,5-6H2. The zero-order chi connectivity index (χ0) is 9.26. The SMILES string of the molecule is Oc1ccc(N2CCCC2)c(Cl)c1. The summed E-state index contributed by atoms with van der Waals surface area (Å²) >= 11 is 6.01. The fraction of sp³-hybridized carbons (Fsp3) is 0.400. The second kappa shape index (κ2) is 3.46. The first kappa shape index (κ1) is 8.70. The lowest BCUT2D eigenvalue weighted by molar-refractivity contribution is 0.475. The summed E-state index contributed by atoms with van der Waals surface area (Å²) < 4.78 is 0. The van der Waals surface area contributed by atoms with E-state index in [0.29, 0.717) is 5.02 Å². The number of nitrogens with zero attached hydrogens (tertiary/aromatic N) is 1. The summed E-state index contributed by atoms with van der Waals surface area (Å²) in [6.45, 7) is 2.15. The number of phenolic OH excluding ortho intramolecular Hbond substituents is 1. The molecule has 0 unspecified atom stereocenters. The lowest BCUT2D eigenvalue weighted by atomic mass is 10.3. The second-order valence-electron chi connectivity index (χ2n) is 3.33. The van der Waals surface area contributed by atoms with Crippen molar-refractivity contribution in [2.45, 2.75) is 12.8 Å². The monoisotopic (exact) mass is 197 g/mol. The third-order valence-electron chi connectivity index (χ3n) is 2.38. The zero-order valence-corrected chi connectivity index (χ0v) is 8.09. The fourth-order valence-corrected chi connectivity index (χ4v) is 2.00. The number of hydrogen-bond acceptors (Lipinski definition) is 2. The Bertz CT molecular complexity index is 308. The van der Waals surface area contributed by atoms with Gasteiger partial charge in [-0.25, -0.2) is 0 Å². The summed E-state index contributed by atoms with van der Waals surface area (Å²) in [4.78, 5) is 2.25. The van der Waals surface area contributed by atoms with Crippen molar-refractivity contribution in [3.63, 3.8) is 0 Å². The molecule has 2 nitrogen and oxygen atoms in total. The summed E-state index contributed by atoms with van der Waals surface area (Å²) in [7, 11) is 0. The number of hydrogen-bond donors (Lipinski definition) is 1. The van der Waals surface area contributed by atoms with Crippen LogP contribution < -0.4 is 4.90 Å². The highest BCUT2D eigenvalue weighted by Crippen LogP contribution is 2.31. The number of halogens is 1. The van der Waals surface area contributed by atoms with E-state index in [-0.39, 0.29) is 5.75 Å². The summed E-state index contributed by atoms with van der Waals surface area (Å²) in [5, 5.41) is 9.82. The van der Waals surface area contributed by atoms with Crippen LogP contribution in [0.2, 0.25) is 5.02 Å². The molecule has 1 aromatic carbocycles. The molecular formula is C10H12ClNO. The van der Waals surface area contributed by atoms with Gasteiger partial charge in [0.05, 0.1) is 10.7 Å². The van der Waals surface area contributed by atoms with Crippen molar-refractivity contribution in [3.05, 3.63) is 23.2 Å². The van der Waals surface area contributed by atoms with Crippen LogP contribution in [-0.4, -0.2) is 18.2 Å². The molecule has 1 aliphatic heterocycles. The first-order valence-corrected chi connectivity index (χ1v) is 4.88. The van der Waals surface area contributed by atoms with Gasteiger partial charge in [-0.05, 0) is 25.0 Å². The van der Waals surface area contributed by atoms with Gasteiger partial charge in [0.2, 0.25) is 0 Å². The Kier molecular flexibility index (Phi) is 2.32. The predicted molar refractivity (Wildman–Crippen MR) is 54.6 cm³/mol. The summed E-state index contributed by atoms with van der Waals surface area (Å²) in [6, 6.07) is 5.15. The molecule has 13 heavy (non-hydrogen) atoms. The van der Waals surface area contributed by atoms with E-state index in [4.69, 9.17) is 11.6 Å². The maximum Gasteiger partial charge on any atom is 0.117 e. The Labute approximate surface area is 82.7 Å². The highest BCUT2D eigenvalue weighted by Gasteiger charge is 2.14. The average Bonchev–Trinajstić information content (AvgIpc) is 2.56. The normalized spacial score (nSPS) is 16.5. The van der Waals surface area contributed by atoms with Gasteiger partial charge in [-0.1, -0.05) is 11.6 Å². The van der Waals surface area contributed by atoms with Crippen LogP contribution in [0.3, 0.4) is 0 Å². The first-order chi connectivity index (χ1) is 6.27. The van der Waals surface area contributed by atoms with E-state index >= 15 is 0 Å². The lowest BCUT2D eigenvalue weighted by Gasteiger charge is -2.18. The first-order valence-electron chi connectivity index (χ1n) is 4.51. The number of benzene rings is 1. The number of rotatable bonds is 1. The molecule has 1 aromatic rings. The van der Waals surface area contributed by atoms with Crippen LogP contribution >= 0.6 is 11.6 Å². The van der Waals surface area contributed by atoms with Gasteiger partial charge in [-0.15, -0.1) is 0 Å². The Morgan fingerprint density at radius 3 is 2.54 bits per heavy atom. The van der Waals surface area contributed by atoms with Crippen LogP contribution in [0.4, 0.5) is 5.69 Å². The zero-order valence-electron chi connectivity index (χ0n) is 7.33. The third kappa shape index (κ3) is 1.73. The van der Waals surface area contributed by atoms with E-state index in [2.05, 4.69) is 4.90 Å². The van der Waals surface area contributed by atoms with Crippen LogP contribution in [0, 0.1) is 0 Å². The van der Waals surface area contributed by atoms with Gasteiger partial charge >= 0.3 is 0 Å². The largest absolute Gasteiger partial charge is 0.508 e. The van der Waals surface area contributed by atoms with Crippen molar-refractivity contribution >= 4 is 17.3 Å².